The molecular weight excluding hydrogens is 328 g/mol. The maximum absolute atomic E-state index is 12.9. The summed E-state index contributed by atoms with van der Waals surface area (Å²) in [7, 11) is 5.38. The van der Waals surface area contributed by atoms with Crippen LogP contribution in [0.1, 0.15) is 30.0 Å². The number of aromatic nitrogens is 2. The van der Waals surface area contributed by atoms with Crippen molar-refractivity contribution >= 4 is 5.91 Å². The van der Waals surface area contributed by atoms with E-state index in [2.05, 4.69) is 22.5 Å². The summed E-state index contributed by atoms with van der Waals surface area (Å²) < 4.78 is 6.94. The number of rotatable bonds is 6. The number of carbonyl (C=O) groups excluding carboxylic acids is 1. The number of methoxy groups -OCH3 is 1. The lowest BCUT2D eigenvalue weighted by atomic mass is 9.90. The van der Waals surface area contributed by atoms with Gasteiger partial charge in [0.25, 0.3) is 0 Å². The molecule has 6 nitrogen and oxygen atoms in total. The molecule has 6 heteroatoms. The number of ether oxygens (including phenoxy) is 1. The van der Waals surface area contributed by atoms with Crippen LogP contribution in [-0.2, 0) is 18.3 Å². The molecular formula is C20H28N4O2. The second-order valence-electron chi connectivity index (χ2n) is 6.99. The predicted octanol–water partition coefficient (Wildman–Crippen LogP) is 2.17. The van der Waals surface area contributed by atoms with Gasteiger partial charge in [-0.15, -0.1) is 0 Å². The van der Waals surface area contributed by atoms with Crippen molar-refractivity contribution in [2.24, 2.45) is 13.0 Å². The summed E-state index contributed by atoms with van der Waals surface area (Å²) in [6.07, 6.45) is 6.80. The van der Waals surface area contributed by atoms with Gasteiger partial charge >= 0.3 is 0 Å². The van der Waals surface area contributed by atoms with Crippen molar-refractivity contribution in [2.45, 2.75) is 25.3 Å². The minimum Gasteiger partial charge on any atom is -0.497 e. The number of piperidine rings is 1. The van der Waals surface area contributed by atoms with Gasteiger partial charge in [0.1, 0.15) is 11.8 Å². The van der Waals surface area contributed by atoms with Crippen molar-refractivity contribution in [1.29, 1.82) is 0 Å². The highest BCUT2D eigenvalue weighted by molar-refractivity contribution is 5.83. The lowest BCUT2D eigenvalue weighted by Crippen LogP contribution is -2.44. The first-order valence-corrected chi connectivity index (χ1v) is 9.18. The lowest BCUT2D eigenvalue weighted by Gasteiger charge is -2.34. The van der Waals surface area contributed by atoms with Gasteiger partial charge in [-0.3, -0.25) is 9.48 Å². The van der Waals surface area contributed by atoms with Gasteiger partial charge in [-0.1, -0.05) is 12.1 Å². The van der Waals surface area contributed by atoms with E-state index in [4.69, 9.17) is 4.74 Å². The van der Waals surface area contributed by atoms with Crippen LogP contribution in [0.15, 0.2) is 36.7 Å². The number of nitrogens with one attached hydrogen (secondary N) is 1. The van der Waals surface area contributed by atoms with Crippen molar-refractivity contribution < 1.29 is 9.53 Å². The molecule has 1 aromatic carbocycles. The van der Waals surface area contributed by atoms with Crippen molar-refractivity contribution in [3.8, 4) is 5.75 Å². The van der Waals surface area contributed by atoms with E-state index in [1.54, 1.807) is 18.0 Å². The maximum Gasteiger partial charge on any atom is 0.244 e. The van der Waals surface area contributed by atoms with E-state index in [0.29, 0.717) is 5.92 Å². The number of likely N-dealkylation sites (N-methyl/N-ethyl adjacent to an activating group) is 1. The van der Waals surface area contributed by atoms with Crippen LogP contribution in [0.4, 0.5) is 0 Å². The Morgan fingerprint density at radius 3 is 2.54 bits per heavy atom. The van der Waals surface area contributed by atoms with E-state index >= 15 is 0 Å². The van der Waals surface area contributed by atoms with Crippen molar-refractivity contribution in [1.82, 2.24) is 20.0 Å². The Morgan fingerprint density at radius 1 is 1.31 bits per heavy atom. The first-order chi connectivity index (χ1) is 12.6. The SMILES string of the molecule is CNC(C(=O)N1CCC(Cc2ccc(OC)cc2)CC1)c1cnn(C)c1. The summed E-state index contributed by atoms with van der Waals surface area (Å²) in [5, 5.41) is 7.32. The molecule has 1 aliphatic heterocycles. The Bertz CT molecular complexity index is 718. The number of amides is 1. The summed E-state index contributed by atoms with van der Waals surface area (Å²) >= 11 is 0. The minimum absolute atomic E-state index is 0.142. The molecule has 140 valence electrons. The van der Waals surface area contributed by atoms with Crippen LogP contribution in [-0.4, -0.2) is 47.8 Å². The molecule has 0 aliphatic carbocycles. The zero-order chi connectivity index (χ0) is 18.5. The fraction of sp³-hybridized carbons (Fsp3) is 0.500. The second kappa shape index (κ2) is 8.36. The molecule has 1 saturated heterocycles. The largest absolute Gasteiger partial charge is 0.497 e. The van der Waals surface area contributed by atoms with Crippen LogP contribution in [0.2, 0.25) is 0 Å². The monoisotopic (exact) mass is 356 g/mol. The van der Waals surface area contributed by atoms with Crippen LogP contribution >= 0.6 is 0 Å². The summed E-state index contributed by atoms with van der Waals surface area (Å²) in [5.74, 6) is 1.66. The Kier molecular flexibility index (Phi) is 5.93. The number of hydrogen-bond acceptors (Lipinski definition) is 4. The van der Waals surface area contributed by atoms with Gasteiger partial charge in [0.15, 0.2) is 0 Å². The van der Waals surface area contributed by atoms with Crippen LogP contribution in [0.5, 0.6) is 5.75 Å². The van der Waals surface area contributed by atoms with Crippen LogP contribution in [0.3, 0.4) is 0 Å². The molecule has 26 heavy (non-hydrogen) atoms. The molecule has 1 atom stereocenters. The van der Waals surface area contributed by atoms with Crippen molar-refractivity contribution in [3.05, 3.63) is 47.8 Å². The standard InChI is InChI=1S/C20H28N4O2/c1-21-19(17-13-22-23(2)14-17)20(25)24-10-8-16(9-11-24)12-15-4-6-18(26-3)7-5-15/h4-7,13-14,16,19,21H,8-12H2,1-3H3. The van der Waals surface area contributed by atoms with E-state index in [-0.39, 0.29) is 11.9 Å². The molecule has 0 bridgehead atoms. The van der Waals surface area contributed by atoms with Gasteiger partial charge < -0.3 is 15.0 Å². The van der Waals surface area contributed by atoms with Crippen LogP contribution in [0, 0.1) is 5.92 Å². The molecule has 1 amide bonds. The van der Waals surface area contributed by atoms with Gasteiger partial charge in [-0.05, 0) is 49.9 Å². The molecule has 1 unspecified atom stereocenters. The Labute approximate surface area is 155 Å². The van der Waals surface area contributed by atoms with Gasteiger partial charge in [-0.25, -0.2) is 0 Å². The van der Waals surface area contributed by atoms with Gasteiger partial charge in [0.2, 0.25) is 5.91 Å². The highest BCUT2D eigenvalue weighted by Gasteiger charge is 2.29. The topological polar surface area (TPSA) is 59.4 Å². The fourth-order valence-corrected chi connectivity index (χ4v) is 3.66. The third kappa shape index (κ3) is 4.25. The molecule has 2 heterocycles. The first-order valence-electron chi connectivity index (χ1n) is 9.18. The van der Waals surface area contributed by atoms with Crippen LogP contribution in [0.25, 0.3) is 0 Å². The minimum atomic E-state index is -0.318. The van der Waals surface area contributed by atoms with Crippen molar-refractivity contribution in [3.63, 3.8) is 0 Å². The molecule has 1 fully saturated rings. The lowest BCUT2D eigenvalue weighted by molar-refractivity contribution is -0.134. The Hall–Kier alpha value is -2.34. The van der Waals surface area contributed by atoms with E-state index in [9.17, 15) is 4.79 Å². The van der Waals surface area contributed by atoms with Gasteiger partial charge in [0, 0.05) is 31.9 Å². The number of aryl methyl sites for hydroxylation is 1. The number of nitrogens with zero attached hydrogens (tertiary/aromatic N) is 3. The van der Waals surface area contributed by atoms with E-state index < -0.39 is 0 Å². The zero-order valence-corrected chi connectivity index (χ0v) is 15.8. The molecule has 1 N–H and O–H groups in total. The molecule has 2 aromatic rings. The summed E-state index contributed by atoms with van der Waals surface area (Å²) in [6, 6.07) is 7.98. The quantitative estimate of drug-likeness (QED) is 0.862. The fourth-order valence-electron chi connectivity index (χ4n) is 3.66. The third-order valence-corrected chi connectivity index (χ3v) is 5.20. The molecule has 1 aliphatic rings. The van der Waals surface area contributed by atoms with E-state index in [0.717, 1.165) is 43.7 Å². The number of benzene rings is 1. The van der Waals surface area contributed by atoms with Gasteiger partial charge in [-0.2, -0.15) is 5.10 Å². The highest BCUT2D eigenvalue weighted by atomic mass is 16.5. The van der Waals surface area contributed by atoms with E-state index in [1.807, 2.05) is 37.3 Å². The number of hydrogen-bond donors (Lipinski definition) is 1. The number of carbonyl (C=O) groups is 1. The van der Waals surface area contributed by atoms with Gasteiger partial charge in [0.05, 0.1) is 13.3 Å². The van der Waals surface area contributed by atoms with Crippen LogP contribution < -0.4 is 10.1 Å². The molecule has 0 radical (unpaired) electrons. The Morgan fingerprint density at radius 2 is 2.00 bits per heavy atom. The molecule has 3 rings (SSSR count). The predicted molar refractivity (Wildman–Crippen MR) is 101 cm³/mol. The normalized spacial score (nSPS) is 16.5. The average Bonchev–Trinajstić information content (AvgIpc) is 3.09. The second-order valence-corrected chi connectivity index (χ2v) is 6.99. The third-order valence-electron chi connectivity index (χ3n) is 5.20. The smallest absolute Gasteiger partial charge is 0.244 e. The molecule has 0 spiro atoms. The molecule has 0 saturated carbocycles. The van der Waals surface area contributed by atoms with Crippen molar-refractivity contribution in [2.75, 3.05) is 27.2 Å². The summed E-state index contributed by atoms with van der Waals surface area (Å²) in [6.45, 7) is 1.64. The molecule has 1 aromatic heterocycles. The zero-order valence-electron chi connectivity index (χ0n) is 15.8. The average molecular weight is 356 g/mol. The number of likely N-dealkylation sites (tertiary alicyclic amines) is 1. The maximum atomic E-state index is 12.9. The summed E-state index contributed by atoms with van der Waals surface area (Å²) in [4.78, 5) is 14.9. The Balaban J connectivity index is 1.54. The van der Waals surface area contributed by atoms with E-state index in [1.165, 1.54) is 5.56 Å². The first kappa shape index (κ1) is 18.5. The summed E-state index contributed by atoms with van der Waals surface area (Å²) in [5.41, 5.74) is 2.25. The highest BCUT2D eigenvalue weighted by Crippen LogP contribution is 2.25.